The molecule has 0 radical (unpaired) electrons. The molecule has 0 aliphatic carbocycles. The van der Waals surface area contributed by atoms with Crippen molar-refractivity contribution in [3.63, 3.8) is 0 Å². The first-order valence-electron chi connectivity index (χ1n) is 3.16. The third kappa shape index (κ3) is 0.579. The first kappa shape index (κ1) is 5.07. The van der Waals surface area contributed by atoms with Gasteiger partial charge in [0.1, 0.15) is 0 Å². The molecular weight excluding hydrogens is 124 g/mol. The van der Waals surface area contributed by atoms with E-state index in [2.05, 4.69) is 0 Å². The molecule has 0 aromatic rings. The van der Waals surface area contributed by atoms with Crippen LogP contribution >= 0.6 is 11.6 Å². The number of ether oxygens (including phenoxy) is 1. The van der Waals surface area contributed by atoms with Crippen LogP contribution in [-0.2, 0) is 4.74 Å². The third-order valence-electron chi connectivity index (χ3n) is 2.03. The van der Waals surface area contributed by atoms with Crippen molar-refractivity contribution in [1.82, 2.24) is 0 Å². The van der Waals surface area contributed by atoms with Crippen molar-refractivity contribution in [2.75, 3.05) is 0 Å². The highest BCUT2D eigenvalue weighted by Crippen LogP contribution is 2.37. The maximum absolute atomic E-state index is 5.88. The lowest BCUT2D eigenvalue weighted by molar-refractivity contribution is 0.105. The second-order valence-corrected chi connectivity index (χ2v) is 3.19. The quantitative estimate of drug-likeness (QED) is 0.455. The van der Waals surface area contributed by atoms with Gasteiger partial charge in [0.15, 0.2) is 0 Å². The summed E-state index contributed by atoms with van der Waals surface area (Å²) in [5.74, 6) is 0. The maximum Gasteiger partial charge on any atom is 0.0744 e. The van der Waals surface area contributed by atoms with Crippen LogP contribution in [0.3, 0.4) is 0 Å². The van der Waals surface area contributed by atoms with Crippen LogP contribution in [-0.4, -0.2) is 17.6 Å². The van der Waals surface area contributed by atoms with Crippen LogP contribution in [0.4, 0.5) is 0 Å². The Morgan fingerprint density at radius 1 is 1.38 bits per heavy atom. The van der Waals surface area contributed by atoms with E-state index in [1.165, 1.54) is 12.8 Å². The predicted molar refractivity (Wildman–Crippen MR) is 32.2 cm³/mol. The molecule has 3 unspecified atom stereocenters. The summed E-state index contributed by atoms with van der Waals surface area (Å²) in [5, 5.41) is 0.328. The molecule has 2 fully saturated rings. The summed E-state index contributed by atoms with van der Waals surface area (Å²) >= 11 is 5.88. The summed E-state index contributed by atoms with van der Waals surface area (Å²) in [5.41, 5.74) is 0. The van der Waals surface area contributed by atoms with Crippen molar-refractivity contribution in [3.05, 3.63) is 0 Å². The minimum absolute atomic E-state index is 0.328. The molecule has 1 nitrogen and oxygen atoms in total. The highest BCUT2D eigenvalue weighted by atomic mass is 35.5. The average Bonchev–Trinajstić information content (AvgIpc) is 2.23. The van der Waals surface area contributed by atoms with Crippen molar-refractivity contribution in [2.24, 2.45) is 0 Å². The predicted octanol–water partition coefficient (Wildman–Crippen LogP) is 1.55. The van der Waals surface area contributed by atoms with Gasteiger partial charge in [0.2, 0.25) is 0 Å². The highest BCUT2D eigenvalue weighted by Gasteiger charge is 2.39. The highest BCUT2D eigenvalue weighted by molar-refractivity contribution is 6.21. The molecule has 2 heterocycles. The molecule has 0 amide bonds. The Balaban J connectivity index is 2.11. The van der Waals surface area contributed by atoms with Gasteiger partial charge < -0.3 is 4.74 Å². The van der Waals surface area contributed by atoms with Crippen LogP contribution in [0, 0.1) is 0 Å². The zero-order valence-corrected chi connectivity index (χ0v) is 5.40. The van der Waals surface area contributed by atoms with Gasteiger partial charge in [-0.25, -0.2) is 0 Å². The number of rotatable bonds is 0. The van der Waals surface area contributed by atoms with Crippen LogP contribution in [0.15, 0.2) is 0 Å². The van der Waals surface area contributed by atoms with Gasteiger partial charge >= 0.3 is 0 Å². The van der Waals surface area contributed by atoms with E-state index < -0.39 is 0 Å². The average molecular weight is 133 g/mol. The first-order valence-corrected chi connectivity index (χ1v) is 3.59. The second-order valence-electron chi connectivity index (χ2n) is 2.63. The number of hydrogen-bond donors (Lipinski definition) is 0. The molecule has 2 aliphatic heterocycles. The fraction of sp³-hybridized carbons (Fsp3) is 1.00. The fourth-order valence-electron chi connectivity index (χ4n) is 1.58. The van der Waals surface area contributed by atoms with E-state index in [9.17, 15) is 0 Å². The van der Waals surface area contributed by atoms with Crippen molar-refractivity contribution in [1.29, 1.82) is 0 Å². The summed E-state index contributed by atoms with van der Waals surface area (Å²) in [7, 11) is 0. The van der Waals surface area contributed by atoms with Gasteiger partial charge in [-0.15, -0.1) is 11.6 Å². The topological polar surface area (TPSA) is 9.23 Å². The Bertz CT molecular complexity index is 103. The molecule has 0 aromatic carbocycles. The number of halogens is 1. The van der Waals surface area contributed by atoms with Crippen LogP contribution in [0.1, 0.15) is 19.3 Å². The van der Waals surface area contributed by atoms with Crippen molar-refractivity contribution < 1.29 is 4.74 Å². The Kier molecular flexibility index (Phi) is 1.02. The molecule has 2 rings (SSSR count). The molecule has 0 aromatic heterocycles. The molecule has 46 valence electrons. The fourth-order valence-corrected chi connectivity index (χ4v) is 1.96. The molecule has 2 aliphatic rings. The smallest absolute Gasteiger partial charge is 0.0744 e. The van der Waals surface area contributed by atoms with Gasteiger partial charge in [0.25, 0.3) is 0 Å². The SMILES string of the molecule is ClC1CC2CCC1O2. The van der Waals surface area contributed by atoms with Crippen LogP contribution in [0.2, 0.25) is 0 Å². The Morgan fingerprint density at radius 3 is 2.50 bits per heavy atom. The molecule has 0 saturated carbocycles. The third-order valence-corrected chi connectivity index (χ3v) is 2.49. The van der Waals surface area contributed by atoms with Gasteiger partial charge in [-0.2, -0.15) is 0 Å². The molecule has 2 bridgehead atoms. The summed E-state index contributed by atoms with van der Waals surface area (Å²) in [6, 6.07) is 0. The monoisotopic (exact) mass is 132 g/mol. The summed E-state index contributed by atoms with van der Waals surface area (Å²) in [6.07, 6.45) is 4.45. The summed E-state index contributed by atoms with van der Waals surface area (Å²) in [6.45, 7) is 0. The van der Waals surface area contributed by atoms with Gasteiger partial charge in [-0.1, -0.05) is 0 Å². The lowest BCUT2D eigenvalue weighted by atomic mass is 10.0. The largest absolute Gasteiger partial charge is 0.373 e. The van der Waals surface area contributed by atoms with E-state index in [-0.39, 0.29) is 0 Å². The Hall–Kier alpha value is 0.250. The van der Waals surface area contributed by atoms with E-state index in [0.717, 1.165) is 6.42 Å². The minimum atomic E-state index is 0.328. The van der Waals surface area contributed by atoms with E-state index in [4.69, 9.17) is 16.3 Å². The standard InChI is InChI=1S/C6H9ClO/c7-5-3-4-1-2-6(5)8-4/h4-6H,1-3H2. The molecule has 8 heavy (non-hydrogen) atoms. The normalized spacial score (nSPS) is 52.9. The number of hydrogen-bond acceptors (Lipinski definition) is 1. The molecule has 0 N–H and O–H groups in total. The van der Waals surface area contributed by atoms with Gasteiger partial charge in [-0.3, -0.25) is 0 Å². The lowest BCUT2D eigenvalue weighted by Gasteiger charge is -2.08. The lowest BCUT2D eigenvalue weighted by Crippen LogP contribution is -2.15. The van der Waals surface area contributed by atoms with E-state index in [1.54, 1.807) is 0 Å². The van der Waals surface area contributed by atoms with Crippen LogP contribution in [0.25, 0.3) is 0 Å². The Labute approximate surface area is 54.0 Å². The minimum Gasteiger partial charge on any atom is -0.373 e. The molecule has 2 heteroatoms. The molecule has 0 spiro atoms. The molecule has 2 saturated heterocycles. The summed E-state index contributed by atoms with van der Waals surface area (Å²) < 4.78 is 5.45. The molecular formula is C6H9ClO. The van der Waals surface area contributed by atoms with Crippen LogP contribution < -0.4 is 0 Å². The van der Waals surface area contributed by atoms with Gasteiger partial charge in [0, 0.05) is 0 Å². The van der Waals surface area contributed by atoms with Crippen molar-refractivity contribution in [2.45, 2.75) is 36.8 Å². The summed E-state index contributed by atoms with van der Waals surface area (Å²) in [4.78, 5) is 0. The van der Waals surface area contributed by atoms with Crippen LogP contribution in [0.5, 0.6) is 0 Å². The first-order chi connectivity index (χ1) is 3.86. The van der Waals surface area contributed by atoms with E-state index >= 15 is 0 Å². The zero-order valence-electron chi connectivity index (χ0n) is 4.64. The Morgan fingerprint density at radius 2 is 2.25 bits per heavy atom. The molecule has 3 atom stereocenters. The number of alkyl halides is 1. The van der Waals surface area contributed by atoms with Gasteiger partial charge in [0.05, 0.1) is 17.6 Å². The maximum atomic E-state index is 5.88. The van der Waals surface area contributed by atoms with Crippen molar-refractivity contribution in [3.8, 4) is 0 Å². The second kappa shape index (κ2) is 1.61. The zero-order chi connectivity index (χ0) is 5.56. The number of fused-ring (bicyclic) bond motifs is 2. The van der Waals surface area contributed by atoms with Crippen molar-refractivity contribution >= 4 is 11.6 Å². The van der Waals surface area contributed by atoms with E-state index in [1.807, 2.05) is 0 Å². The van der Waals surface area contributed by atoms with Gasteiger partial charge in [-0.05, 0) is 19.3 Å². The van der Waals surface area contributed by atoms with E-state index in [0.29, 0.717) is 17.6 Å².